The molecule has 2 rings (SSSR count). The molecule has 3 heteroatoms. The lowest BCUT2D eigenvalue weighted by atomic mass is 9.71. The maximum atomic E-state index is 10.8. The molecule has 1 saturated carbocycles. The van der Waals surface area contributed by atoms with E-state index in [4.69, 9.17) is 5.73 Å². The lowest BCUT2D eigenvalue weighted by molar-refractivity contribution is -0.0490. The zero-order valence-electron chi connectivity index (χ0n) is 10.5. The van der Waals surface area contributed by atoms with Crippen molar-refractivity contribution in [1.29, 1.82) is 0 Å². The van der Waals surface area contributed by atoms with Gasteiger partial charge in [0.1, 0.15) is 5.82 Å². The summed E-state index contributed by atoms with van der Waals surface area (Å²) in [6.45, 7) is 2.16. The van der Waals surface area contributed by atoms with Gasteiger partial charge in [0, 0.05) is 12.6 Å². The van der Waals surface area contributed by atoms with Crippen molar-refractivity contribution in [2.45, 2.75) is 51.0 Å². The Morgan fingerprint density at radius 3 is 3.06 bits per heavy atom. The predicted molar refractivity (Wildman–Crippen MR) is 69.6 cm³/mol. The summed E-state index contributed by atoms with van der Waals surface area (Å²) < 4.78 is 0. The largest absolute Gasteiger partial charge is 0.389 e. The van der Waals surface area contributed by atoms with E-state index in [1.807, 2.05) is 12.1 Å². The number of pyridine rings is 1. The zero-order valence-corrected chi connectivity index (χ0v) is 10.5. The highest BCUT2D eigenvalue weighted by Gasteiger charge is 2.38. The molecule has 1 aliphatic carbocycles. The van der Waals surface area contributed by atoms with Gasteiger partial charge in [-0.15, -0.1) is 0 Å². The maximum Gasteiger partial charge on any atom is 0.126 e. The molecule has 0 spiro atoms. The molecular formula is C14H22N2O. The molecule has 17 heavy (non-hydrogen) atoms. The molecule has 0 aromatic carbocycles. The van der Waals surface area contributed by atoms with Gasteiger partial charge < -0.3 is 10.8 Å². The van der Waals surface area contributed by atoms with E-state index in [1.165, 1.54) is 6.42 Å². The van der Waals surface area contributed by atoms with E-state index in [0.29, 0.717) is 18.2 Å². The molecule has 2 atom stereocenters. The highest BCUT2D eigenvalue weighted by atomic mass is 16.3. The summed E-state index contributed by atoms with van der Waals surface area (Å²) in [6.07, 6.45) is 7.76. The van der Waals surface area contributed by atoms with Crippen LogP contribution in [0, 0.1) is 5.92 Å². The van der Waals surface area contributed by atoms with Crippen LogP contribution in [-0.4, -0.2) is 15.7 Å². The van der Waals surface area contributed by atoms with E-state index in [0.717, 1.165) is 31.2 Å². The van der Waals surface area contributed by atoms with Crippen LogP contribution in [0.1, 0.15) is 44.6 Å². The summed E-state index contributed by atoms with van der Waals surface area (Å²) in [5.74, 6) is 0.956. The molecule has 3 N–H and O–H groups in total. The summed E-state index contributed by atoms with van der Waals surface area (Å²) in [6, 6.07) is 3.86. The van der Waals surface area contributed by atoms with Crippen LogP contribution in [-0.2, 0) is 6.42 Å². The Morgan fingerprint density at radius 2 is 2.35 bits per heavy atom. The first-order chi connectivity index (χ1) is 8.15. The lowest BCUT2D eigenvalue weighted by Gasteiger charge is -2.40. The first kappa shape index (κ1) is 12.4. The molecule has 2 unspecified atom stereocenters. The van der Waals surface area contributed by atoms with Crippen molar-refractivity contribution in [2.75, 3.05) is 5.73 Å². The summed E-state index contributed by atoms with van der Waals surface area (Å²) in [7, 11) is 0. The van der Waals surface area contributed by atoms with Crippen LogP contribution in [0.25, 0.3) is 0 Å². The normalized spacial score (nSPS) is 29.2. The molecule has 0 aliphatic heterocycles. The Morgan fingerprint density at radius 1 is 1.53 bits per heavy atom. The SMILES string of the molecule is CCC1CCCCC1(O)Cc1cccnc1N. The molecular weight excluding hydrogens is 212 g/mol. The molecule has 1 aromatic rings. The molecule has 1 aliphatic rings. The molecule has 3 nitrogen and oxygen atoms in total. The molecule has 0 bridgehead atoms. The van der Waals surface area contributed by atoms with Crippen LogP contribution in [0.2, 0.25) is 0 Å². The first-order valence-electron chi connectivity index (χ1n) is 6.57. The predicted octanol–water partition coefficient (Wildman–Crippen LogP) is 2.54. The Labute approximate surface area is 103 Å². The van der Waals surface area contributed by atoms with Gasteiger partial charge in [-0.05, 0) is 30.4 Å². The topological polar surface area (TPSA) is 59.1 Å². The fourth-order valence-corrected chi connectivity index (χ4v) is 3.04. The number of hydrogen-bond donors (Lipinski definition) is 2. The Bertz CT molecular complexity index is 380. The van der Waals surface area contributed by atoms with E-state index < -0.39 is 5.60 Å². The van der Waals surface area contributed by atoms with Gasteiger partial charge in [-0.3, -0.25) is 0 Å². The standard InChI is InChI=1S/C14H22N2O/c1-2-12-7-3-4-8-14(12,17)10-11-6-5-9-16-13(11)15/h5-6,9,12,17H,2-4,7-8,10H2,1H3,(H2,15,16). The number of nitrogen functional groups attached to an aromatic ring is 1. The van der Waals surface area contributed by atoms with Crippen molar-refractivity contribution < 1.29 is 5.11 Å². The number of nitrogens with zero attached hydrogens (tertiary/aromatic N) is 1. The third-order valence-corrected chi connectivity index (χ3v) is 4.09. The third-order valence-electron chi connectivity index (χ3n) is 4.09. The second-order valence-corrected chi connectivity index (χ2v) is 5.18. The first-order valence-corrected chi connectivity index (χ1v) is 6.57. The van der Waals surface area contributed by atoms with Crippen molar-refractivity contribution in [1.82, 2.24) is 4.98 Å². The van der Waals surface area contributed by atoms with Crippen LogP contribution in [0.15, 0.2) is 18.3 Å². The van der Waals surface area contributed by atoms with Crippen LogP contribution in [0.3, 0.4) is 0 Å². The van der Waals surface area contributed by atoms with Crippen molar-refractivity contribution >= 4 is 5.82 Å². The molecule has 1 fully saturated rings. The van der Waals surface area contributed by atoms with Crippen LogP contribution in [0.5, 0.6) is 0 Å². The zero-order chi connectivity index (χ0) is 12.3. The Hall–Kier alpha value is -1.09. The van der Waals surface area contributed by atoms with Gasteiger partial charge in [-0.25, -0.2) is 4.98 Å². The van der Waals surface area contributed by atoms with Crippen LogP contribution in [0.4, 0.5) is 5.82 Å². The van der Waals surface area contributed by atoms with Gasteiger partial charge >= 0.3 is 0 Å². The van der Waals surface area contributed by atoms with Crippen molar-refractivity contribution in [3.05, 3.63) is 23.9 Å². The lowest BCUT2D eigenvalue weighted by Crippen LogP contribution is -2.42. The Balaban J connectivity index is 2.18. The maximum absolute atomic E-state index is 10.8. The fourth-order valence-electron chi connectivity index (χ4n) is 3.04. The summed E-state index contributed by atoms with van der Waals surface area (Å²) in [5, 5.41) is 10.8. The van der Waals surface area contributed by atoms with Gasteiger partial charge in [0.15, 0.2) is 0 Å². The molecule has 1 aromatic heterocycles. The minimum absolute atomic E-state index is 0.399. The van der Waals surface area contributed by atoms with Gasteiger partial charge in [0.25, 0.3) is 0 Å². The van der Waals surface area contributed by atoms with E-state index in [9.17, 15) is 5.11 Å². The quantitative estimate of drug-likeness (QED) is 0.845. The summed E-state index contributed by atoms with van der Waals surface area (Å²) in [5.41, 5.74) is 6.26. The fraction of sp³-hybridized carbons (Fsp3) is 0.643. The monoisotopic (exact) mass is 234 g/mol. The van der Waals surface area contributed by atoms with Gasteiger partial charge in [-0.2, -0.15) is 0 Å². The molecule has 0 radical (unpaired) electrons. The number of aromatic nitrogens is 1. The van der Waals surface area contributed by atoms with Crippen molar-refractivity contribution in [3.63, 3.8) is 0 Å². The van der Waals surface area contributed by atoms with E-state index >= 15 is 0 Å². The third kappa shape index (κ3) is 2.60. The van der Waals surface area contributed by atoms with Crippen molar-refractivity contribution in [3.8, 4) is 0 Å². The van der Waals surface area contributed by atoms with Crippen LogP contribution >= 0.6 is 0 Å². The second-order valence-electron chi connectivity index (χ2n) is 5.18. The Kier molecular flexibility index (Phi) is 3.67. The molecule has 0 amide bonds. The molecule has 94 valence electrons. The smallest absolute Gasteiger partial charge is 0.126 e. The second kappa shape index (κ2) is 5.05. The van der Waals surface area contributed by atoms with Gasteiger partial charge in [0.05, 0.1) is 5.60 Å². The van der Waals surface area contributed by atoms with Crippen molar-refractivity contribution in [2.24, 2.45) is 5.92 Å². The average molecular weight is 234 g/mol. The molecule has 0 saturated heterocycles. The van der Waals surface area contributed by atoms with Crippen LogP contribution < -0.4 is 5.73 Å². The van der Waals surface area contributed by atoms with Gasteiger partial charge in [-0.1, -0.05) is 32.3 Å². The summed E-state index contributed by atoms with van der Waals surface area (Å²) >= 11 is 0. The minimum Gasteiger partial charge on any atom is -0.389 e. The van der Waals surface area contributed by atoms with E-state index in [1.54, 1.807) is 6.20 Å². The van der Waals surface area contributed by atoms with E-state index in [-0.39, 0.29) is 0 Å². The molecule has 1 heterocycles. The average Bonchev–Trinajstić information content (AvgIpc) is 2.32. The highest BCUT2D eigenvalue weighted by Crippen LogP contribution is 2.38. The van der Waals surface area contributed by atoms with E-state index in [2.05, 4.69) is 11.9 Å². The number of anilines is 1. The summed E-state index contributed by atoms with van der Waals surface area (Å²) in [4.78, 5) is 4.09. The minimum atomic E-state index is -0.579. The number of aliphatic hydroxyl groups is 1. The number of hydrogen-bond acceptors (Lipinski definition) is 3. The van der Waals surface area contributed by atoms with Gasteiger partial charge in [0.2, 0.25) is 0 Å². The number of nitrogens with two attached hydrogens (primary N) is 1. The highest BCUT2D eigenvalue weighted by molar-refractivity contribution is 5.39. The number of rotatable bonds is 3.